The molecule has 1 fully saturated rings. The van der Waals surface area contributed by atoms with Crippen LogP contribution in [0.25, 0.3) is 10.9 Å². The highest BCUT2D eigenvalue weighted by Crippen LogP contribution is 2.31. The molecule has 1 N–H and O–H groups in total. The van der Waals surface area contributed by atoms with E-state index in [9.17, 15) is 5.11 Å². The summed E-state index contributed by atoms with van der Waals surface area (Å²) in [6, 6.07) is 7.48. The highest BCUT2D eigenvalue weighted by Gasteiger charge is 2.23. The summed E-state index contributed by atoms with van der Waals surface area (Å²) in [5, 5.41) is 10.7. The summed E-state index contributed by atoms with van der Waals surface area (Å²) in [7, 11) is 1.77. The number of pyridine rings is 1. The molecule has 1 aromatic carbocycles. The van der Waals surface area contributed by atoms with E-state index in [1.54, 1.807) is 19.2 Å². The minimum atomic E-state index is 0.257. The molecule has 2 heterocycles. The van der Waals surface area contributed by atoms with Gasteiger partial charge in [0.2, 0.25) is 0 Å². The maximum absolute atomic E-state index is 9.58. The van der Waals surface area contributed by atoms with Crippen molar-refractivity contribution in [2.75, 3.05) is 25.1 Å². The van der Waals surface area contributed by atoms with Crippen LogP contribution in [0.15, 0.2) is 24.3 Å². The molecule has 19 heavy (non-hydrogen) atoms. The van der Waals surface area contributed by atoms with E-state index >= 15 is 0 Å². The van der Waals surface area contributed by atoms with Gasteiger partial charge in [-0.15, -0.1) is 0 Å². The smallest absolute Gasteiger partial charge is 0.117 e. The van der Waals surface area contributed by atoms with Gasteiger partial charge in [-0.25, -0.2) is 0 Å². The number of aromatic hydroxyl groups is 1. The highest BCUT2D eigenvalue weighted by atomic mass is 16.5. The summed E-state index contributed by atoms with van der Waals surface area (Å²) < 4.78 is 5.43. The Labute approximate surface area is 112 Å². The van der Waals surface area contributed by atoms with Crippen LogP contribution in [0, 0.1) is 6.92 Å². The van der Waals surface area contributed by atoms with Crippen LogP contribution in [-0.2, 0) is 4.74 Å². The third-order valence-electron chi connectivity index (χ3n) is 3.72. The molecule has 4 nitrogen and oxygen atoms in total. The van der Waals surface area contributed by atoms with Gasteiger partial charge in [0.25, 0.3) is 0 Å². The Balaban J connectivity index is 2.08. The largest absolute Gasteiger partial charge is 0.508 e. The predicted octanol–water partition coefficient (Wildman–Crippen LogP) is 2.47. The van der Waals surface area contributed by atoms with Crippen molar-refractivity contribution in [3.8, 4) is 5.75 Å². The SMILES string of the molecule is COC1CCN(c2cc(C)nc3cc(O)ccc23)C1. The van der Waals surface area contributed by atoms with E-state index in [0.29, 0.717) is 6.10 Å². The molecular weight excluding hydrogens is 240 g/mol. The van der Waals surface area contributed by atoms with Gasteiger partial charge in [0.1, 0.15) is 5.75 Å². The maximum atomic E-state index is 9.58. The van der Waals surface area contributed by atoms with Crippen LogP contribution in [-0.4, -0.2) is 36.4 Å². The summed E-state index contributed by atoms with van der Waals surface area (Å²) in [6.07, 6.45) is 1.36. The van der Waals surface area contributed by atoms with Crippen molar-refractivity contribution in [1.29, 1.82) is 0 Å². The number of ether oxygens (including phenoxy) is 1. The van der Waals surface area contributed by atoms with E-state index in [0.717, 1.165) is 36.1 Å². The molecule has 4 heteroatoms. The first-order chi connectivity index (χ1) is 9.17. The van der Waals surface area contributed by atoms with E-state index in [-0.39, 0.29) is 5.75 Å². The number of nitrogens with zero attached hydrogens (tertiary/aromatic N) is 2. The van der Waals surface area contributed by atoms with Gasteiger partial charge >= 0.3 is 0 Å². The molecule has 1 unspecified atom stereocenters. The molecule has 1 aliphatic heterocycles. The summed E-state index contributed by atoms with van der Waals surface area (Å²) in [5.41, 5.74) is 2.99. The predicted molar refractivity (Wildman–Crippen MR) is 75.8 cm³/mol. The Kier molecular flexibility index (Phi) is 3.03. The number of phenolic OH excluding ortho intramolecular Hbond substituents is 1. The first kappa shape index (κ1) is 12.2. The quantitative estimate of drug-likeness (QED) is 0.899. The number of aromatic nitrogens is 1. The van der Waals surface area contributed by atoms with Crippen molar-refractivity contribution < 1.29 is 9.84 Å². The minimum absolute atomic E-state index is 0.257. The van der Waals surface area contributed by atoms with E-state index in [2.05, 4.69) is 16.0 Å². The number of hydrogen-bond donors (Lipinski definition) is 1. The van der Waals surface area contributed by atoms with Gasteiger partial charge in [0.05, 0.1) is 11.6 Å². The third kappa shape index (κ3) is 2.24. The number of hydrogen-bond acceptors (Lipinski definition) is 4. The number of benzene rings is 1. The first-order valence-electron chi connectivity index (χ1n) is 6.55. The van der Waals surface area contributed by atoms with Gasteiger partial charge in [-0.05, 0) is 31.5 Å². The van der Waals surface area contributed by atoms with Gasteiger partial charge in [-0.2, -0.15) is 0 Å². The molecule has 0 saturated carbocycles. The van der Waals surface area contributed by atoms with Crippen LogP contribution in [0.5, 0.6) is 5.75 Å². The normalized spacial score (nSPS) is 19.3. The summed E-state index contributed by atoms with van der Waals surface area (Å²) >= 11 is 0. The summed E-state index contributed by atoms with van der Waals surface area (Å²) in [6.45, 7) is 3.89. The average molecular weight is 258 g/mol. The van der Waals surface area contributed by atoms with Crippen LogP contribution in [0.1, 0.15) is 12.1 Å². The Morgan fingerprint density at radius 3 is 2.95 bits per heavy atom. The Morgan fingerprint density at radius 2 is 2.21 bits per heavy atom. The number of methoxy groups -OCH3 is 1. The van der Waals surface area contributed by atoms with Gasteiger partial charge in [-0.1, -0.05) is 0 Å². The standard InChI is InChI=1S/C15H18N2O2/c1-10-7-15(17-6-5-12(9-17)19-2)13-4-3-11(18)8-14(13)16-10/h3-4,7-8,12,18H,5-6,9H2,1-2H3. The van der Waals surface area contributed by atoms with E-state index < -0.39 is 0 Å². The van der Waals surface area contributed by atoms with Gasteiger partial charge in [-0.3, -0.25) is 4.98 Å². The van der Waals surface area contributed by atoms with Crippen molar-refractivity contribution in [2.45, 2.75) is 19.4 Å². The van der Waals surface area contributed by atoms with Crippen molar-refractivity contribution in [2.24, 2.45) is 0 Å². The second kappa shape index (κ2) is 4.70. The van der Waals surface area contributed by atoms with Crippen LogP contribution >= 0.6 is 0 Å². The van der Waals surface area contributed by atoms with E-state index in [4.69, 9.17) is 4.74 Å². The summed E-state index contributed by atoms with van der Waals surface area (Å²) in [5.74, 6) is 0.257. The van der Waals surface area contributed by atoms with Gasteiger partial charge in [0, 0.05) is 43.0 Å². The zero-order chi connectivity index (χ0) is 13.4. The van der Waals surface area contributed by atoms with E-state index in [1.807, 2.05) is 13.0 Å². The first-order valence-corrected chi connectivity index (χ1v) is 6.55. The van der Waals surface area contributed by atoms with Gasteiger partial charge < -0.3 is 14.7 Å². The Bertz CT molecular complexity index is 607. The lowest BCUT2D eigenvalue weighted by atomic mass is 10.1. The molecule has 3 rings (SSSR count). The highest BCUT2D eigenvalue weighted by molar-refractivity contribution is 5.92. The van der Waals surface area contributed by atoms with Gasteiger partial charge in [0.15, 0.2) is 0 Å². The molecule has 1 aliphatic rings. The third-order valence-corrected chi connectivity index (χ3v) is 3.72. The van der Waals surface area contributed by atoms with Crippen molar-refractivity contribution in [3.63, 3.8) is 0 Å². The topological polar surface area (TPSA) is 45.6 Å². The molecule has 0 bridgehead atoms. The number of anilines is 1. The number of fused-ring (bicyclic) bond motifs is 1. The molecule has 0 radical (unpaired) electrons. The lowest BCUT2D eigenvalue weighted by molar-refractivity contribution is 0.121. The minimum Gasteiger partial charge on any atom is -0.508 e. The Hall–Kier alpha value is -1.81. The van der Waals surface area contributed by atoms with Crippen LogP contribution < -0.4 is 4.90 Å². The van der Waals surface area contributed by atoms with Crippen LogP contribution in [0.4, 0.5) is 5.69 Å². The number of rotatable bonds is 2. The fourth-order valence-electron chi connectivity index (χ4n) is 2.73. The fourth-order valence-corrected chi connectivity index (χ4v) is 2.73. The molecule has 0 spiro atoms. The van der Waals surface area contributed by atoms with Crippen molar-refractivity contribution in [1.82, 2.24) is 4.98 Å². The molecule has 1 atom stereocenters. The lowest BCUT2D eigenvalue weighted by Gasteiger charge is -2.21. The molecular formula is C15H18N2O2. The molecule has 100 valence electrons. The molecule has 1 saturated heterocycles. The zero-order valence-electron chi connectivity index (χ0n) is 11.3. The molecule has 0 amide bonds. The van der Waals surface area contributed by atoms with Crippen LogP contribution in [0.3, 0.4) is 0 Å². The second-order valence-corrected chi connectivity index (χ2v) is 5.08. The summed E-state index contributed by atoms with van der Waals surface area (Å²) in [4.78, 5) is 6.83. The van der Waals surface area contributed by atoms with Crippen molar-refractivity contribution >= 4 is 16.6 Å². The van der Waals surface area contributed by atoms with E-state index in [1.165, 1.54) is 5.69 Å². The lowest BCUT2D eigenvalue weighted by Crippen LogP contribution is -2.22. The number of aryl methyl sites for hydroxylation is 1. The molecule has 1 aromatic heterocycles. The molecule has 2 aromatic rings. The zero-order valence-corrected chi connectivity index (χ0v) is 11.3. The monoisotopic (exact) mass is 258 g/mol. The molecule has 0 aliphatic carbocycles. The van der Waals surface area contributed by atoms with Crippen molar-refractivity contribution in [3.05, 3.63) is 30.0 Å². The fraction of sp³-hybridized carbons (Fsp3) is 0.400. The van der Waals surface area contributed by atoms with Crippen LogP contribution in [0.2, 0.25) is 0 Å². The Morgan fingerprint density at radius 1 is 1.37 bits per heavy atom. The average Bonchev–Trinajstić information content (AvgIpc) is 2.85. The number of phenols is 1. The second-order valence-electron chi connectivity index (χ2n) is 5.08. The maximum Gasteiger partial charge on any atom is 0.117 e.